The molecule has 1 unspecified atom stereocenters. The lowest BCUT2D eigenvalue weighted by molar-refractivity contribution is 0.0696. The van der Waals surface area contributed by atoms with Gasteiger partial charge in [0.05, 0.1) is 16.6 Å². The Morgan fingerprint density at radius 3 is 2.76 bits per heavy atom. The van der Waals surface area contributed by atoms with Crippen LogP contribution in [-0.4, -0.2) is 22.0 Å². The number of carbonyl (C=O) groups is 2. The number of carboxylic acid groups (broad SMARTS) is 1. The minimum atomic E-state index is -1.16. The summed E-state index contributed by atoms with van der Waals surface area (Å²) in [4.78, 5) is 27.1. The molecule has 2 rings (SSSR count). The van der Waals surface area contributed by atoms with Crippen molar-refractivity contribution < 1.29 is 14.7 Å². The maximum absolute atomic E-state index is 12.0. The van der Waals surface area contributed by atoms with E-state index < -0.39 is 11.9 Å². The number of anilines is 1. The number of nitrogens with one attached hydrogen (secondary N) is 1. The molecule has 0 saturated carbocycles. The number of nitrogens with zero attached hydrogens (tertiary/aromatic N) is 1. The largest absolute Gasteiger partial charge is 0.478 e. The van der Waals surface area contributed by atoms with Crippen molar-refractivity contribution in [3.8, 4) is 0 Å². The van der Waals surface area contributed by atoms with Crippen LogP contribution >= 0.6 is 22.9 Å². The van der Waals surface area contributed by atoms with Crippen molar-refractivity contribution in [3.05, 3.63) is 44.9 Å². The number of aromatic nitrogens is 1. The highest BCUT2D eigenvalue weighted by molar-refractivity contribution is 7.09. The molecule has 0 radical (unpaired) electrons. The maximum Gasteiger partial charge on any atom is 0.337 e. The SMILES string of the molecule is CC(N)c1nc(C(=O)Nc2ccc(Cl)c(C(=O)O)c2)cs1. The Balaban J connectivity index is 2.19. The molecule has 21 heavy (non-hydrogen) atoms. The van der Waals surface area contributed by atoms with Crippen LogP contribution in [0.1, 0.15) is 38.8 Å². The minimum Gasteiger partial charge on any atom is -0.478 e. The summed E-state index contributed by atoms with van der Waals surface area (Å²) < 4.78 is 0. The molecular formula is C13H12ClN3O3S. The average Bonchev–Trinajstić information content (AvgIpc) is 2.90. The molecule has 0 aliphatic rings. The summed E-state index contributed by atoms with van der Waals surface area (Å²) in [5.74, 6) is -1.60. The molecule has 6 nitrogen and oxygen atoms in total. The number of thiazole rings is 1. The molecular weight excluding hydrogens is 314 g/mol. The number of halogens is 1. The number of rotatable bonds is 4. The van der Waals surface area contributed by atoms with E-state index in [1.54, 1.807) is 12.3 Å². The number of nitrogens with two attached hydrogens (primary N) is 1. The van der Waals surface area contributed by atoms with Crippen LogP contribution in [-0.2, 0) is 0 Å². The summed E-state index contributed by atoms with van der Waals surface area (Å²) >= 11 is 7.06. The van der Waals surface area contributed by atoms with Gasteiger partial charge in [-0.15, -0.1) is 11.3 Å². The minimum absolute atomic E-state index is 0.0796. The van der Waals surface area contributed by atoms with Crippen molar-refractivity contribution >= 4 is 40.5 Å². The second-order valence-electron chi connectivity index (χ2n) is 4.31. The fourth-order valence-corrected chi connectivity index (χ4v) is 2.52. The summed E-state index contributed by atoms with van der Waals surface area (Å²) in [7, 11) is 0. The van der Waals surface area contributed by atoms with Gasteiger partial charge in [0.2, 0.25) is 0 Å². The first kappa shape index (κ1) is 15.4. The van der Waals surface area contributed by atoms with E-state index in [0.717, 1.165) is 0 Å². The topological polar surface area (TPSA) is 105 Å². The lowest BCUT2D eigenvalue weighted by Crippen LogP contribution is -2.14. The van der Waals surface area contributed by atoms with Crippen LogP contribution in [0.15, 0.2) is 23.6 Å². The molecule has 110 valence electrons. The normalized spacial score (nSPS) is 12.0. The Morgan fingerprint density at radius 2 is 2.19 bits per heavy atom. The molecule has 0 spiro atoms. The summed E-state index contributed by atoms with van der Waals surface area (Å²) in [5, 5.41) is 13.9. The molecule has 0 bridgehead atoms. The van der Waals surface area contributed by atoms with Gasteiger partial charge in [-0.05, 0) is 25.1 Å². The monoisotopic (exact) mass is 325 g/mol. The third kappa shape index (κ3) is 3.57. The Kier molecular flexibility index (Phi) is 4.56. The van der Waals surface area contributed by atoms with Gasteiger partial charge in [-0.3, -0.25) is 4.79 Å². The molecule has 0 saturated heterocycles. The first-order chi connectivity index (χ1) is 9.88. The van der Waals surface area contributed by atoms with Crippen LogP contribution in [0.4, 0.5) is 5.69 Å². The maximum atomic E-state index is 12.0. The standard InChI is InChI=1S/C13H12ClN3O3S/c1-6(15)12-17-10(5-21-12)11(18)16-7-2-3-9(14)8(4-7)13(19)20/h2-6H,15H2,1H3,(H,16,18)(H,19,20). The average molecular weight is 326 g/mol. The van der Waals surface area contributed by atoms with Gasteiger partial charge in [-0.2, -0.15) is 0 Å². The fourth-order valence-electron chi connectivity index (χ4n) is 1.56. The second-order valence-corrected chi connectivity index (χ2v) is 5.61. The summed E-state index contributed by atoms with van der Waals surface area (Å²) in [6.07, 6.45) is 0. The number of aromatic carboxylic acids is 1. The quantitative estimate of drug-likeness (QED) is 0.801. The predicted octanol–water partition coefficient (Wildman–Crippen LogP) is 2.77. The van der Waals surface area contributed by atoms with Gasteiger partial charge in [0.25, 0.3) is 5.91 Å². The third-order valence-corrected chi connectivity index (χ3v) is 3.97. The van der Waals surface area contributed by atoms with Gasteiger partial charge in [-0.1, -0.05) is 11.6 Å². The zero-order valence-corrected chi connectivity index (χ0v) is 12.5. The van der Waals surface area contributed by atoms with Gasteiger partial charge >= 0.3 is 5.97 Å². The van der Waals surface area contributed by atoms with Crippen LogP contribution in [0.25, 0.3) is 0 Å². The molecule has 0 aliphatic heterocycles. The molecule has 0 aliphatic carbocycles. The Labute approximate surface area is 129 Å². The lowest BCUT2D eigenvalue weighted by Gasteiger charge is -2.06. The molecule has 1 aromatic carbocycles. The van der Waals surface area contributed by atoms with Crippen molar-refractivity contribution in [2.75, 3.05) is 5.32 Å². The number of carboxylic acids is 1. The van der Waals surface area contributed by atoms with Crippen LogP contribution in [0.2, 0.25) is 5.02 Å². The van der Waals surface area contributed by atoms with Crippen LogP contribution in [0, 0.1) is 0 Å². The van der Waals surface area contributed by atoms with E-state index in [-0.39, 0.29) is 22.3 Å². The Hall–Kier alpha value is -1.96. The van der Waals surface area contributed by atoms with Crippen molar-refractivity contribution in [2.24, 2.45) is 5.73 Å². The van der Waals surface area contributed by atoms with Crippen LogP contribution < -0.4 is 11.1 Å². The van der Waals surface area contributed by atoms with E-state index in [4.69, 9.17) is 22.4 Å². The van der Waals surface area contributed by atoms with Gasteiger partial charge in [-0.25, -0.2) is 9.78 Å². The van der Waals surface area contributed by atoms with E-state index in [9.17, 15) is 9.59 Å². The Morgan fingerprint density at radius 1 is 1.48 bits per heavy atom. The first-order valence-electron chi connectivity index (χ1n) is 5.93. The van der Waals surface area contributed by atoms with E-state index in [0.29, 0.717) is 10.7 Å². The molecule has 0 fully saturated rings. The number of hydrogen-bond donors (Lipinski definition) is 3. The van der Waals surface area contributed by atoms with Crippen molar-refractivity contribution in [3.63, 3.8) is 0 Å². The van der Waals surface area contributed by atoms with Gasteiger partial charge in [0.15, 0.2) is 0 Å². The number of amides is 1. The summed E-state index contributed by atoms with van der Waals surface area (Å²) in [6.45, 7) is 1.78. The fraction of sp³-hybridized carbons (Fsp3) is 0.154. The highest BCUT2D eigenvalue weighted by Gasteiger charge is 2.15. The highest BCUT2D eigenvalue weighted by atomic mass is 35.5. The van der Waals surface area contributed by atoms with Crippen LogP contribution in [0.3, 0.4) is 0 Å². The molecule has 4 N–H and O–H groups in total. The lowest BCUT2D eigenvalue weighted by atomic mass is 10.2. The van der Waals surface area contributed by atoms with Crippen LogP contribution in [0.5, 0.6) is 0 Å². The third-order valence-electron chi connectivity index (χ3n) is 2.60. The van der Waals surface area contributed by atoms with Gasteiger partial charge in [0.1, 0.15) is 10.7 Å². The Bertz CT molecular complexity index is 700. The zero-order chi connectivity index (χ0) is 15.6. The van der Waals surface area contributed by atoms with E-state index in [1.807, 2.05) is 0 Å². The van der Waals surface area contributed by atoms with E-state index >= 15 is 0 Å². The van der Waals surface area contributed by atoms with Crippen molar-refractivity contribution in [2.45, 2.75) is 13.0 Å². The van der Waals surface area contributed by atoms with Gasteiger partial charge in [0, 0.05) is 11.1 Å². The highest BCUT2D eigenvalue weighted by Crippen LogP contribution is 2.22. The first-order valence-corrected chi connectivity index (χ1v) is 7.19. The van der Waals surface area contributed by atoms with E-state index in [1.165, 1.54) is 29.5 Å². The zero-order valence-electron chi connectivity index (χ0n) is 11.0. The molecule has 1 heterocycles. The van der Waals surface area contributed by atoms with Crippen molar-refractivity contribution in [1.82, 2.24) is 4.98 Å². The molecule has 1 atom stereocenters. The molecule has 1 aromatic heterocycles. The molecule has 1 amide bonds. The molecule has 8 heteroatoms. The number of benzene rings is 1. The van der Waals surface area contributed by atoms with Gasteiger partial charge < -0.3 is 16.2 Å². The summed E-state index contributed by atoms with van der Waals surface area (Å²) in [6, 6.07) is 3.98. The predicted molar refractivity (Wildman–Crippen MR) is 81.1 cm³/mol. The van der Waals surface area contributed by atoms with E-state index in [2.05, 4.69) is 10.3 Å². The second kappa shape index (κ2) is 6.21. The van der Waals surface area contributed by atoms with Crippen molar-refractivity contribution in [1.29, 1.82) is 0 Å². The molecule has 2 aromatic rings. The summed E-state index contributed by atoms with van der Waals surface area (Å²) in [5.41, 5.74) is 6.17. The number of hydrogen-bond acceptors (Lipinski definition) is 5. The smallest absolute Gasteiger partial charge is 0.337 e. The number of carbonyl (C=O) groups excluding carboxylic acids is 1.